The van der Waals surface area contributed by atoms with Crippen molar-refractivity contribution in [1.29, 1.82) is 0 Å². The van der Waals surface area contributed by atoms with E-state index in [9.17, 15) is 0 Å². The van der Waals surface area contributed by atoms with Gasteiger partial charge in [0.1, 0.15) is 17.5 Å². The van der Waals surface area contributed by atoms with Crippen molar-refractivity contribution in [3.05, 3.63) is 12.0 Å². The first kappa shape index (κ1) is 11.4. The first-order valence-electron chi connectivity index (χ1n) is 6.22. The molecule has 2 unspecified atom stereocenters. The fourth-order valence-corrected chi connectivity index (χ4v) is 2.72. The molecule has 0 amide bonds. The zero-order valence-electron chi connectivity index (χ0n) is 10.6. The zero-order valence-corrected chi connectivity index (χ0v) is 10.6. The summed E-state index contributed by atoms with van der Waals surface area (Å²) in [6, 6.07) is 0.193. The molecule has 0 aliphatic carbocycles. The maximum absolute atomic E-state index is 6.09. The van der Waals surface area contributed by atoms with E-state index >= 15 is 0 Å². The first-order valence-corrected chi connectivity index (χ1v) is 6.22. The minimum atomic E-state index is 0.193. The number of nitrogens with two attached hydrogens (primary N) is 1. The number of rotatable bonds is 1. The smallest absolute Gasteiger partial charge is 0.263 e. The van der Waals surface area contributed by atoms with Gasteiger partial charge in [-0.15, -0.1) is 0 Å². The van der Waals surface area contributed by atoms with Crippen molar-refractivity contribution < 1.29 is 4.52 Å². The second-order valence-corrected chi connectivity index (χ2v) is 5.15. The summed E-state index contributed by atoms with van der Waals surface area (Å²) in [6.45, 7) is 5.91. The van der Waals surface area contributed by atoms with Gasteiger partial charge in [0, 0.05) is 19.1 Å². The van der Waals surface area contributed by atoms with Crippen molar-refractivity contribution in [3.8, 4) is 0 Å². The molecule has 2 aromatic rings. The van der Waals surface area contributed by atoms with Crippen LogP contribution in [0.25, 0.3) is 11.1 Å². The summed E-state index contributed by atoms with van der Waals surface area (Å²) >= 11 is 0. The van der Waals surface area contributed by atoms with Crippen LogP contribution in [0.15, 0.2) is 10.9 Å². The molecule has 2 N–H and O–H groups in total. The van der Waals surface area contributed by atoms with Crippen LogP contribution in [0.2, 0.25) is 0 Å². The van der Waals surface area contributed by atoms with Crippen LogP contribution in [0, 0.1) is 12.8 Å². The van der Waals surface area contributed by atoms with E-state index in [1.54, 1.807) is 0 Å². The topological polar surface area (TPSA) is 81.1 Å². The summed E-state index contributed by atoms with van der Waals surface area (Å²) < 4.78 is 5.17. The Kier molecular flexibility index (Phi) is 2.66. The molecule has 6 nitrogen and oxygen atoms in total. The standard InChI is InChI=1S/C12H17N5O/c1-7-3-9(13)5-17(4-7)11-10-8(2)16-18-12(10)15-6-14-11/h6-7,9H,3-5,13H2,1-2H3. The van der Waals surface area contributed by atoms with E-state index in [2.05, 4.69) is 26.9 Å². The van der Waals surface area contributed by atoms with Crippen LogP contribution in [-0.4, -0.2) is 34.3 Å². The molecule has 2 aromatic heterocycles. The normalized spacial score (nSPS) is 24.7. The number of hydrogen-bond donors (Lipinski definition) is 1. The molecule has 0 radical (unpaired) electrons. The quantitative estimate of drug-likeness (QED) is 0.812. The van der Waals surface area contributed by atoms with Crippen molar-refractivity contribution in [1.82, 2.24) is 15.1 Å². The average Bonchev–Trinajstić information content (AvgIpc) is 2.70. The van der Waals surface area contributed by atoms with Crippen molar-refractivity contribution in [2.75, 3.05) is 18.0 Å². The van der Waals surface area contributed by atoms with Gasteiger partial charge in [-0.1, -0.05) is 12.1 Å². The molecule has 0 saturated carbocycles. The first-order chi connectivity index (χ1) is 8.65. The van der Waals surface area contributed by atoms with Crippen LogP contribution >= 0.6 is 0 Å². The number of aromatic nitrogens is 3. The lowest BCUT2D eigenvalue weighted by Gasteiger charge is -2.35. The van der Waals surface area contributed by atoms with Crippen LogP contribution in [0.1, 0.15) is 19.0 Å². The van der Waals surface area contributed by atoms with Gasteiger partial charge in [0.15, 0.2) is 0 Å². The molecule has 1 saturated heterocycles. The second kappa shape index (κ2) is 4.20. The van der Waals surface area contributed by atoms with E-state index in [4.69, 9.17) is 10.3 Å². The van der Waals surface area contributed by atoms with Crippen molar-refractivity contribution in [3.63, 3.8) is 0 Å². The third-order valence-electron chi connectivity index (χ3n) is 3.41. The Morgan fingerprint density at radius 2 is 2.22 bits per heavy atom. The maximum atomic E-state index is 6.09. The van der Waals surface area contributed by atoms with Crippen LogP contribution in [0.3, 0.4) is 0 Å². The molecular formula is C12H17N5O. The van der Waals surface area contributed by atoms with E-state index in [1.807, 2.05) is 6.92 Å². The molecule has 3 rings (SSSR count). The Hall–Kier alpha value is -1.69. The summed E-state index contributed by atoms with van der Waals surface area (Å²) in [5.41, 5.74) is 7.46. The predicted octanol–water partition coefficient (Wildman–Crippen LogP) is 1.10. The van der Waals surface area contributed by atoms with E-state index in [0.29, 0.717) is 11.6 Å². The van der Waals surface area contributed by atoms with Gasteiger partial charge in [0.25, 0.3) is 5.71 Å². The summed E-state index contributed by atoms with van der Waals surface area (Å²) in [7, 11) is 0. The molecular weight excluding hydrogens is 230 g/mol. The summed E-state index contributed by atoms with van der Waals surface area (Å²) in [5.74, 6) is 1.46. The molecule has 0 spiro atoms. The molecule has 18 heavy (non-hydrogen) atoms. The molecule has 0 aromatic carbocycles. The largest absolute Gasteiger partial charge is 0.354 e. The van der Waals surface area contributed by atoms with Crippen LogP contribution in [0.5, 0.6) is 0 Å². The number of anilines is 1. The summed E-state index contributed by atoms with van der Waals surface area (Å²) in [4.78, 5) is 10.7. The van der Waals surface area contributed by atoms with E-state index in [0.717, 1.165) is 36.4 Å². The molecule has 1 fully saturated rings. The molecule has 96 valence electrons. The molecule has 0 bridgehead atoms. The highest BCUT2D eigenvalue weighted by molar-refractivity contribution is 5.87. The van der Waals surface area contributed by atoms with Gasteiger partial charge in [-0.25, -0.2) is 4.98 Å². The second-order valence-electron chi connectivity index (χ2n) is 5.15. The monoisotopic (exact) mass is 247 g/mol. The van der Waals surface area contributed by atoms with Crippen molar-refractivity contribution in [2.45, 2.75) is 26.3 Å². The van der Waals surface area contributed by atoms with Gasteiger partial charge in [-0.3, -0.25) is 0 Å². The lowest BCUT2D eigenvalue weighted by molar-refractivity contribution is 0.400. The Balaban J connectivity index is 2.05. The predicted molar refractivity (Wildman–Crippen MR) is 68.3 cm³/mol. The number of nitrogens with zero attached hydrogens (tertiary/aromatic N) is 4. The number of hydrogen-bond acceptors (Lipinski definition) is 6. The number of aryl methyl sites for hydroxylation is 1. The fraction of sp³-hybridized carbons (Fsp3) is 0.583. The van der Waals surface area contributed by atoms with E-state index in [-0.39, 0.29) is 6.04 Å². The number of fused-ring (bicyclic) bond motifs is 1. The fourth-order valence-electron chi connectivity index (χ4n) is 2.72. The summed E-state index contributed by atoms with van der Waals surface area (Å²) in [6.07, 6.45) is 2.58. The van der Waals surface area contributed by atoms with Crippen LogP contribution in [0.4, 0.5) is 5.82 Å². The average molecular weight is 247 g/mol. The Bertz CT molecular complexity index is 557. The lowest BCUT2D eigenvalue weighted by Crippen LogP contribution is -2.46. The highest BCUT2D eigenvalue weighted by atomic mass is 16.5. The Morgan fingerprint density at radius 3 is 3.00 bits per heavy atom. The van der Waals surface area contributed by atoms with Crippen molar-refractivity contribution in [2.24, 2.45) is 11.7 Å². The van der Waals surface area contributed by atoms with Crippen molar-refractivity contribution >= 4 is 16.9 Å². The third kappa shape index (κ3) is 1.82. The van der Waals surface area contributed by atoms with E-state index < -0.39 is 0 Å². The van der Waals surface area contributed by atoms with Gasteiger partial charge >= 0.3 is 0 Å². The molecule has 6 heteroatoms. The highest BCUT2D eigenvalue weighted by Crippen LogP contribution is 2.28. The lowest BCUT2D eigenvalue weighted by atomic mass is 9.96. The van der Waals surface area contributed by atoms with Gasteiger partial charge in [0.2, 0.25) is 0 Å². The zero-order chi connectivity index (χ0) is 12.7. The third-order valence-corrected chi connectivity index (χ3v) is 3.41. The molecule has 1 aliphatic rings. The highest BCUT2D eigenvalue weighted by Gasteiger charge is 2.26. The Morgan fingerprint density at radius 1 is 1.39 bits per heavy atom. The molecule has 1 aliphatic heterocycles. The summed E-state index contributed by atoms with van der Waals surface area (Å²) in [5, 5.41) is 4.86. The van der Waals surface area contributed by atoms with Gasteiger partial charge in [0.05, 0.1) is 5.69 Å². The van der Waals surface area contributed by atoms with Gasteiger partial charge in [-0.05, 0) is 19.3 Å². The van der Waals surface area contributed by atoms with E-state index in [1.165, 1.54) is 6.33 Å². The molecule has 2 atom stereocenters. The Labute approximate surface area is 105 Å². The van der Waals surface area contributed by atoms with Crippen LogP contribution in [-0.2, 0) is 0 Å². The van der Waals surface area contributed by atoms with Gasteiger partial charge < -0.3 is 15.2 Å². The molecule has 3 heterocycles. The number of piperidine rings is 1. The maximum Gasteiger partial charge on any atom is 0.263 e. The van der Waals surface area contributed by atoms with Gasteiger partial charge in [-0.2, -0.15) is 4.98 Å². The van der Waals surface area contributed by atoms with Crippen LogP contribution < -0.4 is 10.6 Å². The minimum Gasteiger partial charge on any atom is -0.354 e. The minimum absolute atomic E-state index is 0.193. The SMILES string of the molecule is Cc1noc2ncnc(N3CC(C)CC(N)C3)c12.